The number of amides is 1. The average molecular weight is 323 g/mol. The molecular formula is C20H21NO3. The maximum atomic E-state index is 12.8. The van der Waals surface area contributed by atoms with Crippen LogP contribution in [0.25, 0.3) is 0 Å². The monoisotopic (exact) mass is 323 g/mol. The molecule has 1 heterocycles. The van der Waals surface area contributed by atoms with Gasteiger partial charge in [0.05, 0.1) is 13.5 Å². The standard InChI is InChI=1S/C20H21NO3/c1-14(22)17-8-7-16-4-3-11-21(19(16)13-17)20(23)12-15-5-9-18(24-2)10-6-15/h5-10,13H,3-4,11-12H2,1-2H3. The fourth-order valence-corrected chi connectivity index (χ4v) is 3.07. The van der Waals surface area contributed by atoms with Crippen molar-refractivity contribution in [2.75, 3.05) is 18.6 Å². The number of benzene rings is 2. The highest BCUT2D eigenvalue weighted by Gasteiger charge is 2.23. The number of hydrogen-bond acceptors (Lipinski definition) is 3. The molecule has 0 fully saturated rings. The van der Waals surface area contributed by atoms with Gasteiger partial charge in [0.25, 0.3) is 0 Å². The zero-order valence-electron chi connectivity index (χ0n) is 14.0. The Labute approximate surface area is 142 Å². The van der Waals surface area contributed by atoms with Crippen LogP contribution in [0.4, 0.5) is 5.69 Å². The second-order valence-corrected chi connectivity index (χ2v) is 6.07. The Morgan fingerprint density at radius 1 is 1.12 bits per heavy atom. The summed E-state index contributed by atoms with van der Waals surface area (Å²) in [6, 6.07) is 13.2. The second-order valence-electron chi connectivity index (χ2n) is 6.07. The van der Waals surface area contributed by atoms with Crippen LogP contribution in [0.2, 0.25) is 0 Å². The lowest BCUT2D eigenvalue weighted by molar-refractivity contribution is -0.118. The van der Waals surface area contributed by atoms with Gasteiger partial charge >= 0.3 is 0 Å². The third-order valence-corrected chi connectivity index (χ3v) is 4.43. The number of anilines is 1. The van der Waals surface area contributed by atoms with Crippen LogP contribution < -0.4 is 9.64 Å². The van der Waals surface area contributed by atoms with Crippen LogP contribution in [0.1, 0.15) is 34.8 Å². The number of ketones is 1. The molecule has 0 aliphatic carbocycles. The molecule has 0 saturated heterocycles. The van der Waals surface area contributed by atoms with E-state index in [0.717, 1.165) is 35.4 Å². The summed E-state index contributed by atoms with van der Waals surface area (Å²) in [6.45, 7) is 2.25. The van der Waals surface area contributed by atoms with Crippen molar-refractivity contribution in [2.45, 2.75) is 26.2 Å². The minimum Gasteiger partial charge on any atom is -0.497 e. The van der Waals surface area contributed by atoms with Crippen molar-refractivity contribution < 1.29 is 14.3 Å². The Morgan fingerprint density at radius 3 is 2.54 bits per heavy atom. The van der Waals surface area contributed by atoms with Crippen LogP contribution in [-0.2, 0) is 17.6 Å². The van der Waals surface area contributed by atoms with Gasteiger partial charge in [-0.15, -0.1) is 0 Å². The number of rotatable bonds is 4. The summed E-state index contributed by atoms with van der Waals surface area (Å²) in [5.41, 5.74) is 3.62. The first kappa shape index (κ1) is 16.2. The number of ether oxygens (including phenoxy) is 1. The molecule has 0 saturated carbocycles. The van der Waals surface area contributed by atoms with E-state index < -0.39 is 0 Å². The van der Waals surface area contributed by atoms with E-state index in [1.807, 2.05) is 47.4 Å². The third-order valence-electron chi connectivity index (χ3n) is 4.43. The molecule has 24 heavy (non-hydrogen) atoms. The van der Waals surface area contributed by atoms with E-state index in [-0.39, 0.29) is 11.7 Å². The van der Waals surface area contributed by atoms with Gasteiger partial charge < -0.3 is 9.64 Å². The van der Waals surface area contributed by atoms with Crippen molar-refractivity contribution in [1.29, 1.82) is 0 Å². The molecule has 3 rings (SSSR count). The van der Waals surface area contributed by atoms with E-state index >= 15 is 0 Å². The number of Topliss-reactive ketones (excluding diaryl/α,β-unsaturated/α-hetero) is 1. The molecule has 0 atom stereocenters. The van der Waals surface area contributed by atoms with Crippen LogP contribution >= 0.6 is 0 Å². The number of carbonyl (C=O) groups is 2. The van der Waals surface area contributed by atoms with Gasteiger partial charge in [0.1, 0.15) is 5.75 Å². The van der Waals surface area contributed by atoms with Gasteiger partial charge in [0, 0.05) is 17.8 Å². The van der Waals surface area contributed by atoms with E-state index in [0.29, 0.717) is 18.5 Å². The molecule has 0 aromatic heterocycles. The number of nitrogens with zero attached hydrogens (tertiary/aromatic N) is 1. The zero-order chi connectivity index (χ0) is 17.1. The predicted molar refractivity (Wildman–Crippen MR) is 93.8 cm³/mol. The van der Waals surface area contributed by atoms with Crippen LogP contribution in [0, 0.1) is 0 Å². The normalized spacial score (nSPS) is 13.3. The van der Waals surface area contributed by atoms with Gasteiger partial charge in [0.2, 0.25) is 5.91 Å². The van der Waals surface area contributed by atoms with E-state index in [1.165, 1.54) is 0 Å². The third kappa shape index (κ3) is 3.32. The molecule has 4 heteroatoms. The molecule has 2 aromatic rings. The smallest absolute Gasteiger partial charge is 0.231 e. The number of fused-ring (bicyclic) bond motifs is 1. The van der Waals surface area contributed by atoms with Crippen LogP contribution in [0.3, 0.4) is 0 Å². The summed E-state index contributed by atoms with van der Waals surface area (Å²) < 4.78 is 5.15. The minimum absolute atomic E-state index is 0.0194. The Balaban J connectivity index is 1.83. The highest BCUT2D eigenvalue weighted by molar-refractivity contribution is 5.99. The molecule has 1 amide bonds. The van der Waals surface area contributed by atoms with E-state index in [9.17, 15) is 9.59 Å². The molecule has 1 aliphatic rings. The number of carbonyl (C=O) groups excluding carboxylic acids is 2. The maximum Gasteiger partial charge on any atom is 0.231 e. The summed E-state index contributed by atoms with van der Waals surface area (Å²) in [5, 5.41) is 0. The lowest BCUT2D eigenvalue weighted by atomic mass is 9.97. The fourth-order valence-electron chi connectivity index (χ4n) is 3.07. The Kier molecular flexibility index (Phi) is 4.65. The van der Waals surface area contributed by atoms with Crippen molar-refractivity contribution in [3.8, 4) is 5.75 Å². The Bertz CT molecular complexity index is 765. The summed E-state index contributed by atoms with van der Waals surface area (Å²) >= 11 is 0. The Morgan fingerprint density at radius 2 is 1.88 bits per heavy atom. The molecule has 0 unspecified atom stereocenters. The van der Waals surface area contributed by atoms with Crippen molar-refractivity contribution in [1.82, 2.24) is 0 Å². The van der Waals surface area contributed by atoms with E-state index in [4.69, 9.17) is 4.74 Å². The summed E-state index contributed by atoms with van der Waals surface area (Å²) in [7, 11) is 1.62. The van der Waals surface area contributed by atoms with Gasteiger partial charge in [0.15, 0.2) is 5.78 Å². The van der Waals surface area contributed by atoms with E-state index in [2.05, 4.69) is 0 Å². The largest absolute Gasteiger partial charge is 0.497 e. The lowest BCUT2D eigenvalue weighted by Crippen LogP contribution is -2.36. The van der Waals surface area contributed by atoms with Crippen molar-refractivity contribution in [2.24, 2.45) is 0 Å². The maximum absolute atomic E-state index is 12.8. The van der Waals surface area contributed by atoms with Crippen LogP contribution in [0.5, 0.6) is 5.75 Å². The van der Waals surface area contributed by atoms with Crippen LogP contribution in [-0.4, -0.2) is 25.3 Å². The van der Waals surface area contributed by atoms with E-state index in [1.54, 1.807) is 14.0 Å². The fraction of sp³-hybridized carbons (Fsp3) is 0.300. The molecule has 0 radical (unpaired) electrons. The topological polar surface area (TPSA) is 46.6 Å². The molecule has 0 spiro atoms. The van der Waals surface area contributed by atoms with Gasteiger partial charge in [-0.2, -0.15) is 0 Å². The Hall–Kier alpha value is -2.62. The van der Waals surface area contributed by atoms with Crippen molar-refractivity contribution in [3.63, 3.8) is 0 Å². The number of methoxy groups -OCH3 is 1. The minimum atomic E-state index is 0.0194. The second kappa shape index (κ2) is 6.87. The first-order chi connectivity index (χ1) is 11.6. The van der Waals surface area contributed by atoms with Gasteiger partial charge in [-0.05, 0) is 49.1 Å². The molecule has 0 bridgehead atoms. The van der Waals surface area contributed by atoms with Gasteiger partial charge in [-0.3, -0.25) is 9.59 Å². The average Bonchev–Trinajstić information content (AvgIpc) is 2.61. The highest BCUT2D eigenvalue weighted by atomic mass is 16.5. The molecule has 4 nitrogen and oxygen atoms in total. The SMILES string of the molecule is COc1ccc(CC(=O)N2CCCc3ccc(C(C)=O)cc32)cc1. The molecule has 124 valence electrons. The summed E-state index contributed by atoms with van der Waals surface area (Å²) in [6.07, 6.45) is 2.23. The molecule has 0 N–H and O–H groups in total. The predicted octanol–water partition coefficient (Wildman–Crippen LogP) is 3.42. The number of aryl methyl sites for hydroxylation is 1. The zero-order valence-corrected chi connectivity index (χ0v) is 14.0. The number of hydrogen-bond donors (Lipinski definition) is 0. The highest BCUT2D eigenvalue weighted by Crippen LogP contribution is 2.29. The summed E-state index contributed by atoms with van der Waals surface area (Å²) in [5.74, 6) is 0.855. The first-order valence-corrected chi connectivity index (χ1v) is 8.15. The molecule has 1 aliphatic heterocycles. The molecular weight excluding hydrogens is 302 g/mol. The van der Waals surface area contributed by atoms with Crippen molar-refractivity contribution >= 4 is 17.4 Å². The van der Waals surface area contributed by atoms with Gasteiger partial charge in [-0.25, -0.2) is 0 Å². The first-order valence-electron chi connectivity index (χ1n) is 8.15. The van der Waals surface area contributed by atoms with Gasteiger partial charge in [-0.1, -0.05) is 24.3 Å². The summed E-state index contributed by atoms with van der Waals surface area (Å²) in [4.78, 5) is 26.2. The molecule has 2 aromatic carbocycles. The van der Waals surface area contributed by atoms with Crippen molar-refractivity contribution in [3.05, 3.63) is 59.2 Å². The van der Waals surface area contributed by atoms with Crippen LogP contribution in [0.15, 0.2) is 42.5 Å². The quantitative estimate of drug-likeness (QED) is 0.810. The lowest BCUT2D eigenvalue weighted by Gasteiger charge is -2.30.